The highest BCUT2D eigenvalue weighted by Gasteiger charge is 2.17. The molecule has 0 atom stereocenters. The Bertz CT molecular complexity index is 598. The number of fused-ring (bicyclic) bond motifs is 1. The molecule has 0 radical (unpaired) electrons. The van der Waals surface area contributed by atoms with E-state index >= 15 is 0 Å². The van der Waals surface area contributed by atoms with E-state index in [-0.39, 0.29) is 0 Å². The van der Waals surface area contributed by atoms with Gasteiger partial charge in [-0.1, -0.05) is 11.6 Å². The Labute approximate surface area is 116 Å². The van der Waals surface area contributed by atoms with Crippen molar-refractivity contribution in [1.29, 1.82) is 0 Å². The van der Waals surface area contributed by atoms with E-state index in [4.69, 9.17) is 16.3 Å². The lowest BCUT2D eigenvalue weighted by molar-refractivity contribution is 0.415. The van der Waals surface area contributed by atoms with Gasteiger partial charge in [0, 0.05) is 32.2 Å². The number of piperazine rings is 1. The Kier molecular flexibility index (Phi) is 3.40. The molecule has 1 aliphatic rings. The monoisotopic (exact) mass is 278 g/mol. The number of aromatic nitrogens is 2. The summed E-state index contributed by atoms with van der Waals surface area (Å²) in [5, 5.41) is 3.76. The number of benzene rings is 1. The van der Waals surface area contributed by atoms with Gasteiger partial charge in [-0.25, -0.2) is 9.97 Å². The molecule has 19 heavy (non-hydrogen) atoms. The number of nitrogens with zero attached hydrogens (tertiary/aromatic N) is 3. The Balaban J connectivity index is 2.05. The minimum Gasteiger partial charge on any atom is -0.497 e. The molecular weight excluding hydrogens is 264 g/mol. The van der Waals surface area contributed by atoms with Crippen LogP contribution < -0.4 is 15.0 Å². The standard InChI is InChI=1S/C13H15ClN4O/c1-19-9-2-3-10-11(8-9)17-13(12(14)16-10)18-6-4-15-5-7-18/h2-3,8,15H,4-7H2,1H3. The first-order valence-electron chi connectivity index (χ1n) is 6.25. The number of rotatable bonds is 2. The van der Waals surface area contributed by atoms with Gasteiger partial charge in [0.25, 0.3) is 0 Å². The molecule has 3 rings (SSSR count). The van der Waals surface area contributed by atoms with Crippen LogP contribution in [0.1, 0.15) is 0 Å². The van der Waals surface area contributed by atoms with Gasteiger partial charge < -0.3 is 15.0 Å². The summed E-state index contributed by atoms with van der Waals surface area (Å²) in [4.78, 5) is 11.2. The quantitative estimate of drug-likeness (QED) is 0.906. The van der Waals surface area contributed by atoms with Crippen LogP contribution >= 0.6 is 11.6 Å². The van der Waals surface area contributed by atoms with Crippen LogP contribution in [-0.2, 0) is 0 Å². The average Bonchev–Trinajstić information content (AvgIpc) is 2.47. The summed E-state index contributed by atoms with van der Waals surface area (Å²) in [5.41, 5.74) is 1.59. The summed E-state index contributed by atoms with van der Waals surface area (Å²) >= 11 is 6.24. The van der Waals surface area contributed by atoms with E-state index in [2.05, 4.69) is 20.2 Å². The molecule has 0 saturated carbocycles. The van der Waals surface area contributed by atoms with E-state index in [1.54, 1.807) is 7.11 Å². The lowest BCUT2D eigenvalue weighted by Crippen LogP contribution is -2.44. The van der Waals surface area contributed by atoms with Gasteiger partial charge in [0.15, 0.2) is 11.0 Å². The highest BCUT2D eigenvalue weighted by Crippen LogP contribution is 2.26. The fraction of sp³-hybridized carbons (Fsp3) is 0.385. The molecular formula is C13H15ClN4O. The van der Waals surface area contributed by atoms with Gasteiger partial charge in [-0.3, -0.25) is 0 Å². The van der Waals surface area contributed by atoms with Gasteiger partial charge in [-0.05, 0) is 12.1 Å². The summed E-state index contributed by atoms with van der Waals surface area (Å²) in [6.45, 7) is 3.66. The maximum absolute atomic E-state index is 6.24. The Morgan fingerprint density at radius 2 is 2.00 bits per heavy atom. The van der Waals surface area contributed by atoms with Crippen molar-refractivity contribution in [2.45, 2.75) is 0 Å². The molecule has 0 amide bonds. The van der Waals surface area contributed by atoms with Gasteiger partial charge in [0.1, 0.15) is 5.75 Å². The first-order chi connectivity index (χ1) is 9.28. The summed E-state index contributed by atoms with van der Waals surface area (Å²) < 4.78 is 5.21. The highest BCUT2D eigenvalue weighted by atomic mass is 35.5. The third kappa shape index (κ3) is 2.43. The van der Waals surface area contributed by atoms with Gasteiger partial charge in [-0.15, -0.1) is 0 Å². The second kappa shape index (κ2) is 5.19. The van der Waals surface area contributed by atoms with Crippen LogP contribution in [0.3, 0.4) is 0 Å². The van der Waals surface area contributed by atoms with Crippen LogP contribution in [0.15, 0.2) is 18.2 Å². The SMILES string of the molecule is COc1ccc2nc(Cl)c(N3CCNCC3)nc2c1. The molecule has 1 N–H and O–H groups in total. The van der Waals surface area contributed by atoms with Crippen LogP contribution in [-0.4, -0.2) is 43.3 Å². The number of nitrogens with one attached hydrogen (secondary N) is 1. The van der Waals surface area contributed by atoms with E-state index in [1.165, 1.54) is 0 Å². The molecule has 2 heterocycles. The average molecular weight is 279 g/mol. The Morgan fingerprint density at radius 3 is 2.74 bits per heavy atom. The van der Waals surface area contributed by atoms with Gasteiger partial charge in [-0.2, -0.15) is 0 Å². The normalized spacial score (nSPS) is 15.8. The van der Waals surface area contributed by atoms with Crippen molar-refractivity contribution in [1.82, 2.24) is 15.3 Å². The largest absolute Gasteiger partial charge is 0.497 e. The number of methoxy groups -OCH3 is 1. The predicted molar refractivity (Wildman–Crippen MR) is 76.2 cm³/mol. The maximum Gasteiger partial charge on any atom is 0.172 e. The summed E-state index contributed by atoms with van der Waals surface area (Å²) in [6, 6.07) is 5.61. The van der Waals surface area contributed by atoms with Crippen LogP contribution in [0, 0.1) is 0 Å². The summed E-state index contributed by atoms with van der Waals surface area (Å²) in [5.74, 6) is 1.53. The number of halogens is 1. The van der Waals surface area contributed by atoms with Crippen LogP contribution in [0.2, 0.25) is 5.15 Å². The van der Waals surface area contributed by atoms with Crippen LogP contribution in [0.25, 0.3) is 11.0 Å². The van der Waals surface area contributed by atoms with Crippen molar-refractivity contribution in [2.75, 3.05) is 38.2 Å². The molecule has 1 aromatic heterocycles. The third-order valence-corrected chi connectivity index (χ3v) is 3.48. The molecule has 1 aliphatic heterocycles. The van der Waals surface area contributed by atoms with E-state index in [0.717, 1.165) is 48.8 Å². The molecule has 1 fully saturated rings. The first-order valence-corrected chi connectivity index (χ1v) is 6.62. The Morgan fingerprint density at radius 1 is 1.21 bits per heavy atom. The number of hydrogen-bond donors (Lipinski definition) is 1. The molecule has 5 nitrogen and oxygen atoms in total. The van der Waals surface area contributed by atoms with Crippen LogP contribution in [0.5, 0.6) is 5.75 Å². The van der Waals surface area contributed by atoms with Gasteiger partial charge >= 0.3 is 0 Å². The van der Waals surface area contributed by atoms with Gasteiger partial charge in [0.2, 0.25) is 0 Å². The zero-order valence-corrected chi connectivity index (χ0v) is 11.4. The fourth-order valence-electron chi connectivity index (χ4n) is 2.21. The van der Waals surface area contributed by atoms with Crippen molar-refractivity contribution in [2.24, 2.45) is 0 Å². The lowest BCUT2D eigenvalue weighted by Gasteiger charge is -2.28. The summed E-state index contributed by atoms with van der Waals surface area (Å²) in [7, 11) is 1.64. The molecule has 6 heteroatoms. The van der Waals surface area contributed by atoms with Crippen LogP contribution in [0.4, 0.5) is 5.82 Å². The fourth-order valence-corrected chi connectivity index (χ4v) is 2.46. The first kappa shape index (κ1) is 12.4. The second-order valence-corrected chi connectivity index (χ2v) is 4.79. The number of ether oxygens (including phenoxy) is 1. The number of anilines is 1. The topological polar surface area (TPSA) is 50.3 Å². The summed E-state index contributed by atoms with van der Waals surface area (Å²) in [6.07, 6.45) is 0. The minimum atomic E-state index is 0.458. The van der Waals surface area contributed by atoms with E-state index < -0.39 is 0 Å². The third-order valence-electron chi connectivity index (χ3n) is 3.23. The maximum atomic E-state index is 6.24. The number of hydrogen-bond acceptors (Lipinski definition) is 5. The van der Waals surface area contributed by atoms with Crippen molar-refractivity contribution in [3.63, 3.8) is 0 Å². The zero-order valence-electron chi connectivity index (χ0n) is 10.7. The zero-order chi connectivity index (χ0) is 13.2. The minimum absolute atomic E-state index is 0.458. The molecule has 1 aromatic carbocycles. The molecule has 0 aliphatic carbocycles. The molecule has 0 bridgehead atoms. The smallest absolute Gasteiger partial charge is 0.172 e. The molecule has 2 aromatic rings. The van der Waals surface area contributed by atoms with E-state index in [9.17, 15) is 0 Å². The highest BCUT2D eigenvalue weighted by molar-refractivity contribution is 6.32. The molecule has 100 valence electrons. The van der Waals surface area contributed by atoms with Crippen molar-refractivity contribution in [3.05, 3.63) is 23.4 Å². The predicted octanol–water partition coefficient (Wildman–Crippen LogP) is 1.70. The van der Waals surface area contributed by atoms with E-state index in [1.807, 2.05) is 18.2 Å². The van der Waals surface area contributed by atoms with E-state index in [0.29, 0.717) is 5.15 Å². The second-order valence-electron chi connectivity index (χ2n) is 4.43. The van der Waals surface area contributed by atoms with Crippen molar-refractivity contribution < 1.29 is 4.74 Å². The lowest BCUT2D eigenvalue weighted by atomic mass is 10.3. The molecule has 0 spiro atoms. The van der Waals surface area contributed by atoms with Gasteiger partial charge in [0.05, 0.1) is 18.1 Å². The Hall–Kier alpha value is -1.59. The van der Waals surface area contributed by atoms with Crippen molar-refractivity contribution in [3.8, 4) is 5.75 Å². The molecule has 0 unspecified atom stereocenters. The van der Waals surface area contributed by atoms with Crippen molar-refractivity contribution >= 4 is 28.5 Å². The molecule has 1 saturated heterocycles.